The third kappa shape index (κ3) is 7.68. The normalized spacial score (nSPS) is 17.6. The first-order chi connectivity index (χ1) is 18.7. The molecule has 1 saturated heterocycles. The van der Waals surface area contributed by atoms with Crippen LogP contribution in [-0.4, -0.2) is 42.6 Å². The van der Waals surface area contributed by atoms with Gasteiger partial charge in [-0.3, -0.25) is 9.69 Å². The number of piperidine rings is 1. The first kappa shape index (κ1) is 27.4. The fourth-order valence-electron chi connectivity index (χ4n) is 5.25. The number of nitrogens with zero attached hydrogens (tertiary/aromatic N) is 1. The van der Waals surface area contributed by atoms with Crippen LogP contribution in [0.25, 0.3) is 0 Å². The molecule has 0 aromatic heterocycles. The zero-order valence-electron chi connectivity index (χ0n) is 22.3. The van der Waals surface area contributed by atoms with Crippen LogP contribution in [0.5, 0.6) is 0 Å². The number of benzene rings is 3. The molecule has 1 fully saturated rings. The van der Waals surface area contributed by atoms with Gasteiger partial charge < -0.3 is 16.0 Å². The first-order valence-corrected chi connectivity index (χ1v) is 13.9. The molecule has 0 radical (unpaired) electrons. The molecular formula is C32H40N4O2. The molecule has 200 valence electrons. The van der Waals surface area contributed by atoms with E-state index in [-0.39, 0.29) is 30.1 Å². The minimum atomic E-state index is -0.168. The number of hydrogen-bond donors (Lipinski definition) is 3. The molecule has 2 atom stereocenters. The topological polar surface area (TPSA) is 73.5 Å². The van der Waals surface area contributed by atoms with E-state index in [0.29, 0.717) is 18.7 Å². The lowest BCUT2D eigenvalue weighted by Gasteiger charge is -2.44. The summed E-state index contributed by atoms with van der Waals surface area (Å²) in [6.45, 7) is 4.22. The molecule has 0 spiro atoms. The summed E-state index contributed by atoms with van der Waals surface area (Å²) in [5.74, 6) is 0.203. The number of carbonyl (C=O) groups is 2. The van der Waals surface area contributed by atoms with Gasteiger partial charge in [0.2, 0.25) is 0 Å². The summed E-state index contributed by atoms with van der Waals surface area (Å²) in [5.41, 5.74) is 3.06. The second kappa shape index (κ2) is 14.3. The van der Waals surface area contributed by atoms with Crippen LogP contribution in [0.2, 0.25) is 0 Å². The Hall–Kier alpha value is -3.64. The van der Waals surface area contributed by atoms with Gasteiger partial charge in [0.1, 0.15) is 0 Å². The van der Waals surface area contributed by atoms with E-state index in [0.717, 1.165) is 38.6 Å². The van der Waals surface area contributed by atoms with Gasteiger partial charge in [0.05, 0.1) is 12.2 Å². The predicted octanol–water partition coefficient (Wildman–Crippen LogP) is 5.73. The van der Waals surface area contributed by atoms with Crippen LogP contribution in [0.4, 0.5) is 4.79 Å². The van der Waals surface area contributed by atoms with Crippen LogP contribution in [0.15, 0.2) is 91.0 Å². The number of nitrogens with one attached hydrogen (secondary N) is 3. The zero-order chi connectivity index (χ0) is 26.6. The van der Waals surface area contributed by atoms with Crippen molar-refractivity contribution >= 4 is 11.9 Å². The van der Waals surface area contributed by atoms with E-state index >= 15 is 0 Å². The maximum absolute atomic E-state index is 13.0. The van der Waals surface area contributed by atoms with Crippen molar-refractivity contribution in [1.29, 1.82) is 0 Å². The van der Waals surface area contributed by atoms with Crippen molar-refractivity contribution in [2.45, 2.75) is 51.2 Å². The molecule has 3 aromatic rings. The second-order valence-corrected chi connectivity index (χ2v) is 10.1. The lowest BCUT2D eigenvalue weighted by atomic mass is 9.89. The Morgan fingerprint density at radius 2 is 1.45 bits per heavy atom. The number of urea groups is 1. The highest BCUT2D eigenvalue weighted by atomic mass is 16.2. The van der Waals surface area contributed by atoms with Gasteiger partial charge >= 0.3 is 6.03 Å². The summed E-state index contributed by atoms with van der Waals surface area (Å²) < 4.78 is 0. The van der Waals surface area contributed by atoms with Gasteiger partial charge in [-0.25, -0.2) is 4.79 Å². The fraction of sp³-hybridized carbons (Fsp3) is 0.375. The highest BCUT2D eigenvalue weighted by Gasteiger charge is 2.35. The summed E-state index contributed by atoms with van der Waals surface area (Å²) in [5, 5.41) is 9.43. The van der Waals surface area contributed by atoms with Crippen LogP contribution >= 0.6 is 0 Å². The van der Waals surface area contributed by atoms with Crippen molar-refractivity contribution in [1.82, 2.24) is 20.9 Å². The van der Waals surface area contributed by atoms with Gasteiger partial charge in [0.25, 0.3) is 5.91 Å². The molecule has 3 N–H and O–H groups in total. The number of unbranched alkanes of at least 4 members (excludes halogenated alkanes) is 2. The van der Waals surface area contributed by atoms with E-state index in [2.05, 4.69) is 76.3 Å². The van der Waals surface area contributed by atoms with Gasteiger partial charge in [-0.2, -0.15) is 0 Å². The monoisotopic (exact) mass is 512 g/mol. The summed E-state index contributed by atoms with van der Waals surface area (Å²) in [6.07, 6.45) is 4.71. The van der Waals surface area contributed by atoms with Crippen LogP contribution in [0, 0.1) is 5.92 Å². The van der Waals surface area contributed by atoms with Gasteiger partial charge in [-0.05, 0) is 48.4 Å². The molecule has 0 bridgehead atoms. The third-order valence-corrected chi connectivity index (χ3v) is 7.27. The standard InChI is InChI=1S/C32H40N4O2/c1-2-3-13-21-33-32(38)35-29-23-25(24-34-31(37)28-18-11-6-12-19-28)20-22-36(29)30(26-14-7-4-8-15-26)27-16-9-5-10-17-27/h4-12,14-19,25,29-30H,2-3,13,20-24H2,1H3,(H,34,37)(H2,33,35,38). The van der Waals surface area contributed by atoms with Crippen molar-refractivity contribution in [2.75, 3.05) is 19.6 Å². The van der Waals surface area contributed by atoms with E-state index in [1.807, 2.05) is 42.5 Å². The third-order valence-electron chi connectivity index (χ3n) is 7.27. The van der Waals surface area contributed by atoms with Crippen LogP contribution < -0.4 is 16.0 Å². The molecule has 4 rings (SSSR count). The Bertz CT molecular complexity index is 1080. The van der Waals surface area contributed by atoms with E-state index < -0.39 is 0 Å². The lowest BCUT2D eigenvalue weighted by Crippen LogP contribution is -2.56. The summed E-state index contributed by atoms with van der Waals surface area (Å²) in [6, 6.07) is 30.2. The fourth-order valence-corrected chi connectivity index (χ4v) is 5.25. The van der Waals surface area contributed by atoms with Gasteiger partial charge in [-0.15, -0.1) is 0 Å². The molecular weight excluding hydrogens is 472 g/mol. The van der Waals surface area contributed by atoms with Crippen molar-refractivity contribution in [3.05, 3.63) is 108 Å². The van der Waals surface area contributed by atoms with Crippen LogP contribution in [0.3, 0.4) is 0 Å². The molecule has 2 unspecified atom stereocenters. The number of hydrogen-bond acceptors (Lipinski definition) is 3. The van der Waals surface area contributed by atoms with Crippen molar-refractivity contribution in [3.8, 4) is 0 Å². The van der Waals surface area contributed by atoms with Crippen molar-refractivity contribution in [2.24, 2.45) is 5.92 Å². The van der Waals surface area contributed by atoms with Crippen LogP contribution in [0.1, 0.15) is 66.6 Å². The van der Waals surface area contributed by atoms with Crippen molar-refractivity contribution in [3.63, 3.8) is 0 Å². The second-order valence-electron chi connectivity index (χ2n) is 10.1. The van der Waals surface area contributed by atoms with E-state index in [9.17, 15) is 9.59 Å². The minimum Gasteiger partial charge on any atom is -0.352 e. The largest absolute Gasteiger partial charge is 0.352 e. The average Bonchev–Trinajstić information content (AvgIpc) is 2.97. The molecule has 0 aliphatic carbocycles. The van der Waals surface area contributed by atoms with Gasteiger partial charge in [0, 0.05) is 25.2 Å². The maximum atomic E-state index is 13.0. The van der Waals surface area contributed by atoms with E-state index in [1.54, 1.807) is 0 Å². The molecule has 1 aliphatic heterocycles. The van der Waals surface area contributed by atoms with E-state index in [4.69, 9.17) is 0 Å². The van der Waals surface area contributed by atoms with E-state index in [1.165, 1.54) is 11.1 Å². The highest BCUT2D eigenvalue weighted by Crippen LogP contribution is 2.34. The highest BCUT2D eigenvalue weighted by molar-refractivity contribution is 5.94. The number of likely N-dealkylation sites (tertiary alicyclic amines) is 1. The summed E-state index contributed by atoms with van der Waals surface area (Å²) in [4.78, 5) is 28.0. The minimum absolute atomic E-state index is 0.0163. The number of amides is 3. The predicted molar refractivity (Wildman–Crippen MR) is 153 cm³/mol. The van der Waals surface area contributed by atoms with Crippen LogP contribution in [-0.2, 0) is 0 Å². The molecule has 6 heteroatoms. The Morgan fingerprint density at radius 1 is 0.842 bits per heavy atom. The van der Waals surface area contributed by atoms with Gasteiger partial charge in [0.15, 0.2) is 0 Å². The lowest BCUT2D eigenvalue weighted by molar-refractivity contribution is 0.0645. The zero-order valence-corrected chi connectivity index (χ0v) is 22.3. The first-order valence-electron chi connectivity index (χ1n) is 13.9. The molecule has 0 saturated carbocycles. The SMILES string of the molecule is CCCCCNC(=O)NC1CC(CNC(=O)c2ccccc2)CCN1C(c1ccccc1)c1ccccc1. The quantitative estimate of drug-likeness (QED) is 0.287. The smallest absolute Gasteiger partial charge is 0.316 e. The molecule has 6 nitrogen and oxygen atoms in total. The van der Waals surface area contributed by atoms with Crippen molar-refractivity contribution < 1.29 is 9.59 Å². The molecule has 3 aromatic carbocycles. The number of rotatable bonds is 11. The Labute approximate surface area is 226 Å². The maximum Gasteiger partial charge on any atom is 0.316 e. The molecule has 1 aliphatic rings. The summed E-state index contributed by atoms with van der Waals surface area (Å²) >= 11 is 0. The Balaban J connectivity index is 1.51. The Kier molecular flexibility index (Phi) is 10.3. The molecule has 1 heterocycles. The average molecular weight is 513 g/mol. The Morgan fingerprint density at radius 3 is 2.05 bits per heavy atom. The number of carbonyl (C=O) groups excluding carboxylic acids is 2. The molecule has 3 amide bonds. The molecule has 38 heavy (non-hydrogen) atoms. The summed E-state index contributed by atoms with van der Waals surface area (Å²) in [7, 11) is 0. The van der Waals surface area contributed by atoms with Gasteiger partial charge in [-0.1, -0.05) is 98.6 Å².